The molecule has 132 valence electrons. The van der Waals surface area contributed by atoms with Gasteiger partial charge in [0, 0.05) is 18.5 Å². The Morgan fingerprint density at radius 3 is 2.48 bits per heavy atom. The molecule has 1 saturated heterocycles. The lowest BCUT2D eigenvalue weighted by molar-refractivity contribution is -0.144. The molecule has 1 aliphatic heterocycles. The maximum absolute atomic E-state index is 12.6. The number of rotatable bonds is 3. The van der Waals surface area contributed by atoms with E-state index in [4.69, 9.17) is 4.74 Å². The summed E-state index contributed by atoms with van der Waals surface area (Å²) in [5.74, 6) is -0.620. The standard InChI is InChI=1S/C17H30N2O4/c1-17(2,3)12-6-5-7-14(12)23-16(22)19-9-8-11(18-4)10-13(19)15(20)21/h11-14,18H,5-10H2,1-4H3,(H,20,21)/t11?,12?,13-,14?/m1/s1. The average molecular weight is 326 g/mol. The molecule has 0 aromatic heterocycles. The van der Waals surface area contributed by atoms with Gasteiger partial charge in [-0.1, -0.05) is 20.8 Å². The highest BCUT2D eigenvalue weighted by molar-refractivity contribution is 5.80. The second-order valence-corrected chi connectivity index (χ2v) is 7.88. The van der Waals surface area contributed by atoms with Crippen LogP contribution in [-0.4, -0.2) is 53.8 Å². The van der Waals surface area contributed by atoms with Crippen LogP contribution in [0.2, 0.25) is 0 Å². The predicted molar refractivity (Wildman–Crippen MR) is 87.3 cm³/mol. The summed E-state index contributed by atoms with van der Waals surface area (Å²) in [6, 6.07) is -0.669. The second-order valence-electron chi connectivity index (χ2n) is 7.88. The van der Waals surface area contributed by atoms with E-state index in [0.29, 0.717) is 18.9 Å². The first kappa shape index (κ1) is 18.0. The van der Waals surface area contributed by atoms with Gasteiger partial charge in [0.15, 0.2) is 0 Å². The summed E-state index contributed by atoms with van der Waals surface area (Å²) in [5.41, 5.74) is 0.0900. The Morgan fingerprint density at radius 2 is 1.91 bits per heavy atom. The molecular formula is C17H30N2O4. The van der Waals surface area contributed by atoms with Gasteiger partial charge in [-0.05, 0) is 44.6 Å². The maximum Gasteiger partial charge on any atom is 0.410 e. The van der Waals surface area contributed by atoms with Crippen molar-refractivity contribution in [1.82, 2.24) is 10.2 Å². The molecule has 3 unspecified atom stereocenters. The molecule has 6 heteroatoms. The molecule has 4 atom stereocenters. The van der Waals surface area contributed by atoms with Crippen molar-refractivity contribution < 1.29 is 19.4 Å². The molecule has 1 saturated carbocycles. The van der Waals surface area contributed by atoms with Crippen molar-refractivity contribution in [1.29, 1.82) is 0 Å². The number of hydrogen-bond acceptors (Lipinski definition) is 4. The minimum Gasteiger partial charge on any atom is -0.480 e. The second kappa shape index (κ2) is 7.07. The van der Waals surface area contributed by atoms with Crippen LogP contribution in [0.25, 0.3) is 0 Å². The molecule has 6 nitrogen and oxygen atoms in total. The lowest BCUT2D eigenvalue weighted by Crippen LogP contribution is -2.54. The summed E-state index contributed by atoms with van der Waals surface area (Å²) in [5, 5.41) is 12.5. The first-order valence-corrected chi connectivity index (χ1v) is 8.61. The normalized spacial score (nSPS) is 31.9. The molecule has 0 spiro atoms. The van der Waals surface area contributed by atoms with Crippen molar-refractivity contribution in [3.8, 4) is 0 Å². The zero-order valence-electron chi connectivity index (χ0n) is 14.7. The molecule has 2 fully saturated rings. The van der Waals surface area contributed by atoms with E-state index in [2.05, 4.69) is 26.1 Å². The minimum absolute atomic E-state index is 0.0900. The van der Waals surface area contributed by atoms with Gasteiger partial charge in [0.25, 0.3) is 0 Å². The Balaban J connectivity index is 2.03. The Morgan fingerprint density at radius 1 is 1.22 bits per heavy atom. The first-order chi connectivity index (χ1) is 10.7. The van der Waals surface area contributed by atoms with Crippen LogP contribution >= 0.6 is 0 Å². The van der Waals surface area contributed by atoms with Crippen LogP contribution in [-0.2, 0) is 9.53 Å². The van der Waals surface area contributed by atoms with E-state index in [1.54, 1.807) is 0 Å². The van der Waals surface area contributed by atoms with Crippen molar-refractivity contribution in [3.63, 3.8) is 0 Å². The lowest BCUT2D eigenvalue weighted by atomic mass is 9.78. The van der Waals surface area contributed by atoms with Gasteiger partial charge >= 0.3 is 12.1 Å². The number of carboxylic acids is 1. The summed E-state index contributed by atoms with van der Waals surface area (Å²) in [7, 11) is 1.82. The third-order valence-corrected chi connectivity index (χ3v) is 5.35. The number of carbonyl (C=O) groups is 2. The number of ether oxygens (including phenoxy) is 1. The number of carbonyl (C=O) groups excluding carboxylic acids is 1. The summed E-state index contributed by atoms with van der Waals surface area (Å²) in [6.45, 7) is 6.93. The smallest absolute Gasteiger partial charge is 0.410 e. The highest BCUT2D eigenvalue weighted by atomic mass is 16.6. The van der Waals surface area contributed by atoms with Gasteiger partial charge in [0.05, 0.1) is 0 Å². The Hall–Kier alpha value is -1.30. The molecule has 0 bridgehead atoms. The van der Waals surface area contributed by atoms with Crippen LogP contribution in [0.5, 0.6) is 0 Å². The van der Waals surface area contributed by atoms with E-state index >= 15 is 0 Å². The zero-order valence-corrected chi connectivity index (χ0v) is 14.7. The maximum atomic E-state index is 12.6. The third-order valence-electron chi connectivity index (χ3n) is 5.35. The number of amides is 1. The monoisotopic (exact) mass is 326 g/mol. The van der Waals surface area contributed by atoms with E-state index in [1.807, 2.05) is 7.05 Å². The van der Waals surface area contributed by atoms with Crippen LogP contribution < -0.4 is 5.32 Å². The topological polar surface area (TPSA) is 78.9 Å². The van der Waals surface area contributed by atoms with Gasteiger partial charge in [-0.15, -0.1) is 0 Å². The van der Waals surface area contributed by atoms with Gasteiger partial charge in [0.2, 0.25) is 0 Å². The molecule has 0 aromatic rings. The van der Waals surface area contributed by atoms with Gasteiger partial charge in [0.1, 0.15) is 12.1 Å². The largest absolute Gasteiger partial charge is 0.480 e. The van der Waals surface area contributed by atoms with Crippen LogP contribution in [0.1, 0.15) is 52.9 Å². The number of likely N-dealkylation sites (tertiary alicyclic amines) is 1. The average Bonchev–Trinajstić information content (AvgIpc) is 2.94. The highest BCUT2D eigenvalue weighted by Gasteiger charge is 2.41. The fourth-order valence-electron chi connectivity index (χ4n) is 3.94. The molecule has 1 heterocycles. The third kappa shape index (κ3) is 4.16. The summed E-state index contributed by atoms with van der Waals surface area (Å²) in [4.78, 5) is 25.5. The molecule has 23 heavy (non-hydrogen) atoms. The van der Waals surface area contributed by atoms with E-state index < -0.39 is 18.1 Å². The number of carboxylic acid groups (broad SMARTS) is 1. The zero-order chi connectivity index (χ0) is 17.2. The fraction of sp³-hybridized carbons (Fsp3) is 0.882. The molecule has 2 N–H and O–H groups in total. The molecule has 2 rings (SSSR count). The molecule has 0 radical (unpaired) electrons. The number of hydrogen-bond donors (Lipinski definition) is 2. The summed E-state index contributed by atoms with van der Waals surface area (Å²) >= 11 is 0. The number of piperidine rings is 1. The quantitative estimate of drug-likeness (QED) is 0.833. The molecule has 0 aromatic carbocycles. The molecule has 1 aliphatic carbocycles. The summed E-state index contributed by atoms with van der Waals surface area (Å²) in [6.07, 6.45) is 3.61. The number of nitrogens with zero attached hydrogens (tertiary/aromatic N) is 1. The Bertz CT molecular complexity index is 446. The van der Waals surface area contributed by atoms with Crippen LogP contribution in [0.4, 0.5) is 4.79 Å². The van der Waals surface area contributed by atoms with Crippen LogP contribution in [0.3, 0.4) is 0 Å². The van der Waals surface area contributed by atoms with Crippen molar-refractivity contribution in [2.24, 2.45) is 11.3 Å². The van der Waals surface area contributed by atoms with E-state index in [1.165, 1.54) is 4.90 Å². The number of aliphatic carboxylic acids is 1. The van der Waals surface area contributed by atoms with E-state index in [-0.39, 0.29) is 17.6 Å². The molecular weight excluding hydrogens is 296 g/mol. The minimum atomic E-state index is -0.958. The van der Waals surface area contributed by atoms with Crippen molar-refractivity contribution in [2.75, 3.05) is 13.6 Å². The van der Waals surface area contributed by atoms with Crippen molar-refractivity contribution in [2.45, 2.75) is 71.1 Å². The van der Waals surface area contributed by atoms with Crippen molar-refractivity contribution in [3.05, 3.63) is 0 Å². The van der Waals surface area contributed by atoms with Crippen molar-refractivity contribution >= 4 is 12.1 Å². The van der Waals surface area contributed by atoms with Gasteiger partial charge in [-0.2, -0.15) is 0 Å². The fourth-order valence-corrected chi connectivity index (χ4v) is 3.94. The van der Waals surface area contributed by atoms with Gasteiger partial charge in [-0.25, -0.2) is 9.59 Å². The van der Waals surface area contributed by atoms with Gasteiger partial charge in [-0.3, -0.25) is 4.90 Å². The molecule has 2 aliphatic rings. The highest BCUT2D eigenvalue weighted by Crippen LogP contribution is 2.41. The van der Waals surface area contributed by atoms with Crippen LogP contribution in [0.15, 0.2) is 0 Å². The predicted octanol–water partition coefficient (Wildman–Crippen LogP) is 2.47. The summed E-state index contributed by atoms with van der Waals surface area (Å²) < 4.78 is 5.74. The van der Waals surface area contributed by atoms with Crippen LogP contribution in [0, 0.1) is 11.3 Å². The van der Waals surface area contributed by atoms with Gasteiger partial charge < -0.3 is 15.2 Å². The SMILES string of the molecule is CNC1CCN(C(=O)OC2CCCC2C(C)(C)C)[C@@H](C(=O)O)C1. The van der Waals surface area contributed by atoms with E-state index in [0.717, 1.165) is 25.7 Å². The number of nitrogens with one attached hydrogen (secondary N) is 1. The Labute approximate surface area is 138 Å². The van der Waals surface area contributed by atoms with E-state index in [9.17, 15) is 14.7 Å². The first-order valence-electron chi connectivity index (χ1n) is 8.61. The lowest BCUT2D eigenvalue weighted by Gasteiger charge is -2.38. The molecule has 1 amide bonds. The Kier molecular flexibility index (Phi) is 5.55.